The van der Waals surface area contributed by atoms with E-state index in [0.29, 0.717) is 23.5 Å². The van der Waals surface area contributed by atoms with Gasteiger partial charge in [-0.25, -0.2) is 0 Å². The lowest BCUT2D eigenvalue weighted by Gasteiger charge is -2.50. The van der Waals surface area contributed by atoms with E-state index < -0.39 is 0 Å². The maximum Gasteiger partial charge on any atom is 0.161 e. The Kier molecular flexibility index (Phi) is 3.09. The first kappa shape index (κ1) is 15.8. The van der Waals surface area contributed by atoms with Gasteiger partial charge in [-0.3, -0.25) is 4.79 Å². The minimum atomic E-state index is -0.349. The Morgan fingerprint density at radius 3 is 2.52 bits per heavy atom. The molecule has 0 heterocycles. The van der Waals surface area contributed by atoms with E-state index in [1.54, 1.807) is 0 Å². The molecule has 0 aromatic heterocycles. The molecule has 3 saturated carbocycles. The first-order valence-corrected chi connectivity index (χ1v) is 9.24. The van der Waals surface area contributed by atoms with Gasteiger partial charge in [-0.05, 0) is 66.8 Å². The number of aliphatic hydroxyl groups is 2. The van der Waals surface area contributed by atoms with Crippen LogP contribution in [0.25, 0.3) is 0 Å². The highest BCUT2D eigenvalue weighted by atomic mass is 16.3. The van der Waals surface area contributed by atoms with Crippen LogP contribution in [0.1, 0.15) is 52.9 Å². The van der Waals surface area contributed by atoms with E-state index in [4.69, 9.17) is 0 Å². The van der Waals surface area contributed by atoms with Gasteiger partial charge in [0, 0.05) is 10.8 Å². The molecule has 4 aliphatic rings. The monoisotopic (exact) mass is 318 g/mol. The van der Waals surface area contributed by atoms with E-state index in [0.717, 1.165) is 32.1 Å². The maximum absolute atomic E-state index is 12.8. The molecule has 0 amide bonds. The standard InChI is InChI=1S/C20H30O3/c1-13-4-5-15(23)18(3)7-6-14-16-17(2,10-20(13,14)18)8-9-19(16,11-21)12-22/h4-5,13-14,16,21-22H,6-12H2,1-3H3/t13-,14-,16-,17+,18-,20-/m0/s1. The summed E-state index contributed by atoms with van der Waals surface area (Å²) in [6, 6.07) is 0. The average molecular weight is 318 g/mol. The SMILES string of the molecule is C[C@H]1C=CC(=O)[C@]2(C)CC[C@H]3[C@@H]4C(CO)(CO)CC[C@]4(C)C[C@]132. The first-order chi connectivity index (χ1) is 10.8. The third kappa shape index (κ3) is 1.52. The van der Waals surface area contributed by atoms with Crippen LogP contribution in [0, 0.1) is 39.4 Å². The number of hydrogen-bond donors (Lipinski definition) is 2. The number of ketones is 1. The minimum Gasteiger partial charge on any atom is -0.396 e. The van der Waals surface area contributed by atoms with Crippen molar-refractivity contribution in [1.82, 2.24) is 0 Å². The van der Waals surface area contributed by atoms with Crippen LogP contribution in [0.15, 0.2) is 12.2 Å². The third-order valence-electron chi connectivity index (χ3n) is 8.87. The van der Waals surface area contributed by atoms with E-state index >= 15 is 0 Å². The van der Waals surface area contributed by atoms with E-state index in [-0.39, 0.29) is 34.9 Å². The number of rotatable bonds is 2. The smallest absolute Gasteiger partial charge is 0.161 e. The lowest BCUT2D eigenvalue weighted by molar-refractivity contribution is -0.134. The Labute approximate surface area is 139 Å². The predicted octanol–water partition coefficient (Wildman–Crippen LogP) is 2.96. The Balaban J connectivity index is 1.88. The van der Waals surface area contributed by atoms with E-state index in [1.165, 1.54) is 0 Å². The van der Waals surface area contributed by atoms with Crippen molar-refractivity contribution in [3.05, 3.63) is 12.2 Å². The topological polar surface area (TPSA) is 57.5 Å². The molecule has 3 fully saturated rings. The number of aliphatic hydroxyl groups excluding tert-OH is 2. The molecule has 0 aromatic rings. The van der Waals surface area contributed by atoms with Crippen molar-refractivity contribution in [2.45, 2.75) is 52.9 Å². The zero-order chi connectivity index (χ0) is 16.7. The Hall–Kier alpha value is -0.670. The summed E-state index contributed by atoms with van der Waals surface area (Å²) in [7, 11) is 0. The van der Waals surface area contributed by atoms with Gasteiger partial charge in [0.15, 0.2) is 5.78 Å². The van der Waals surface area contributed by atoms with Gasteiger partial charge in [-0.15, -0.1) is 0 Å². The van der Waals surface area contributed by atoms with Gasteiger partial charge in [0.05, 0.1) is 13.2 Å². The van der Waals surface area contributed by atoms with Gasteiger partial charge in [0.1, 0.15) is 0 Å². The van der Waals surface area contributed by atoms with Crippen LogP contribution >= 0.6 is 0 Å². The Bertz CT molecular complexity index is 577. The molecule has 3 heteroatoms. The molecular weight excluding hydrogens is 288 g/mol. The van der Waals surface area contributed by atoms with Crippen molar-refractivity contribution >= 4 is 5.78 Å². The zero-order valence-electron chi connectivity index (χ0n) is 14.6. The van der Waals surface area contributed by atoms with Crippen LogP contribution in [-0.4, -0.2) is 29.2 Å². The minimum absolute atomic E-state index is 0.0221. The van der Waals surface area contributed by atoms with Gasteiger partial charge < -0.3 is 10.2 Å². The summed E-state index contributed by atoms with van der Waals surface area (Å²) in [6.45, 7) is 6.98. The third-order valence-corrected chi connectivity index (χ3v) is 8.87. The molecule has 128 valence electrons. The Morgan fingerprint density at radius 2 is 1.87 bits per heavy atom. The average Bonchev–Trinajstić information content (AvgIpc) is 3.08. The maximum atomic E-state index is 12.8. The van der Waals surface area contributed by atoms with Crippen LogP contribution < -0.4 is 0 Å². The van der Waals surface area contributed by atoms with E-state index in [2.05, 4.69) is 26.8 Å². The molecule has 2 N–H and O–H groups in total. The fourth-order valence-electron chi connectivity index (χ4n) is 7.84. The second-order valence-electron chi connectivity index (χ2n) is 9.52. The molecule has 3 nitrogen and oxygen atoms in total. The van der Waals surface area contributed by atoms with Crippen molar-refractivity contribution < 1.29 is 15.0 Å². The van der Waals surface area contributed by atoms with Gasteiger partial charge in [-0.2, -0.15) is 0 Å². The second-order valence-corrected chi connectivity index (χ2v) is 9.52. The summed E-state index contributed by atoms with van der Waals surface area (Å²) >= 11 is 0. The van der Waals surface area contributed by atoms with Crippen molar-refractivity contribution in [2.75, 3.05) is 13.2 Å². The summed E-state index contributed by atoms with van der Waals surface area (Å²) in [6.07, 6.45) is 9.04. The van der Waals surface area contributed by atoms with Gasteiger partial charge >= 0.3 is 0 Å². The molecule has 0 bridgehead atoms. The number of allylic oxidation sites excluding steroid dienone is 2. The van der Waals surface area contributed by atoms with Crippen LogP contribution in [0.5, 0.6) is 0 Å². The van der Waals surface area contributed by atoms with Crippen molar-refractivity contribution in [3.63, 3.8) is 0 Å². The van der Waals surface area contributed by atoms with Crippen molar-refractivity contribution in [2.24, 2.45) is 39.4 Å². The first-order valence-electron chi connectivity index (χ1n) is 9.24. The highest BCUT2D eigenvalue weighted by molar-refractivity contribution is 5.96. The molecule has 0 saturated heterocycles. The summed E-state index contributed by atoms with van der Waals surface area (Å²) in [4.78, 5) is 12.8. The number of carbonyl (C=O) groups is 1. The van der Waals surface area contributed by atoms with Crippen LogP contribution in [-0.2, 0) is 4.79 Å². The van der Waals surface area contributed by atoms with Crippen molar-refractivity contribution in [1.29, 1.82) is 0 Å². The molecule has 4 aliphatic carbocycles. The summed E-state index contributed by atoms with van der Waals surface area (Å²) in [5, 5.41) is 20.3. The van der Waals surface area contributed by atoms with Crippen LogP contribution in [0.2, 0.25) is 0 Å². The predicted molar refractivity (Wildman–Crippen MR) is 88.6 cm³/mol. The molecule has 4 rings (SSSR count). The number of fused-ring (bicyclic) bond motifs is 2. The Morgan fingerprint density at radius 1 is 1.17 bits per heavy atom. The summed E-state index contributed by atoms with van der Waals surface area (Å²) in [5.41, 5.74) is -0.431. The molecule has 1 spiro atoms. The number of carbonyl (C=O) groups excluding carboxylic acids is 1. The lowest BCUT2D eigenvalue weighted by Crippen LogP contribution is -2.50. The molecule has 6 atom stereocenters. The number of hydrogen-bond acceptors (Lipinski definition) is 3. The molecule has 0 aromatic carbocycles. The van der Waals surface area contributed by atoms with Crippen molar-refractivity contribution in [3.8, 4) is 0 Å². The fraction of sp³-hybridized carbons (Fsp3) is 0.850. The van der Waals surface area contributed by atoms with Crippen LogP contribution in [0.3, 0.4) is 0 Å². The van der Waals surface area contributed by atoms with Crippen LogP contribution in [0.4, 0.5) is 0 Å². The summed E-state index contributed by atoms with van der Waals surface area (Å²) in [5.74, 6) is 1.49. The summed E-state index contributed by atoms with van der Waals surface area (Å²) < 4.78 is 0. The van der Waals surface area contributed by atoms with Gasteiger partial charge in [0.2, 0.25) is 0 Å². The quantitative estimate of drug-likeness (QED) is 0.823. The van der Waals surface area contributed by atoms with E-state index in [1.807, 2.05) is 6.08 Å². The molecule has 0 aliphatic heterocycles. The highest BCUT2D eigenvalue weighted by Crippen LogP contribution is 2.79. The molecule has 23 heavy (non-hydrogen) atoms. The highest BCUT2D eigenvalue weighted by Gasteiger charge is 2.75. The fourth-order valence-corrected chi connectivity index (χ4v) is 7.84. The molecule has 0 radical (unpaired) electrons. The normalized spacial score (nSPS) is 53.3. The van der Waals surface area contributed by atoms with E-state index in [9.17, 15) is 15.0 Å². The lowest BCUT2D eigenvalue weighted by atomic mass is 9.52. The van der Waals surface area contributed by atoms with Gasteiger partial charge in [0.25, 0.3) is 0 Å². The second kappa shape index (κ2) is 4.49. The molecule has 0 unspecified atom stereocenters. The van der Waals surface area contributed by atoms with Gasteiger partial charge in [-0.1, -0.05) is 26.8 Å². The zero-order valence-corrected chi connectivity index (χ0v) is 14.6. The largest absolute Gasteiger partial charge is 0.396 e. The molecular formula is C20H30O3.